The third-order valence-electron chi connectivity index (χ3n) is 3.66. The molecule has 1 aliphatic heterocycles. The minimum absolute atomic E-state index is 0.301. The van der Waals surface area contributed by atoms with Crippen molar-refractivity contribution in [1.82, 2.24) is 0 Å². The van der Waals surface area contributed by atoms with Crippen molar-refractivity contribution < 1.29 is 9.78 Å². The summed E-state index contributed by atoms with van der Waals surface area (Å²) in [5.41, 5.74) is 1.18. The molecule has 2 saturated carbocycles. The standard InChI is InChI=1S/C10H14O2/c1-7-6-8-4-2-3-5-9(8)10(7)11-12-10/h8-9H,1-6H2. The normalized spacial score (nSPS) is 43.2. The van der Waals surface area contributed by atoms with Gasteiger partial charge in [-0.1, -0.05) is 19.4 Å². The van der Waals surface area contributed by atoms with Crippen molar-refractivity contribution in [2.45, 2.75) is 37.9 Å². The molecule has 2 atom stereocenters. The second-order valence-corrected chi connectivity index (χ2v) is 4.29. The molecule has 0 N–H and O–H groups in total. The largest absolute Gasteiger partial charge is 0.258 e. The molecule has 1 spiro atoms. The van der Waals surface area contributed by atoms with Crippen molar-refractivity contribution in [1.29, 1.82) is 0 Å². The molecule has 0 aromatic heterocycles. The van der Waals surface area contributed by atoms with Gasteiger partial charge in [0.1, 0.15) is 0 Å². The molecule has 1 heterocycles. The Labute approximate surface area is 72.5 Å². The van der Waals surface area contributed by atoms with Gasteiger partial charge in [0, 0.05) is 5.92 Å². The van der Waals surface area contributed by atoms with E-state index in [0.717, 1.165) is 12.3 Å². The second kappa shape index (κ2) is 2.12. The highest BCUT2D eigenvalue weighted by Crippen LogP contribution is 2.59. The van der Waals surface area contributed by atoms with Crippen molar-refractivity contribution >= 4 is 0 Å². The van der Waals surface area contributed by atoms with Crippen LogP contribution in [0.3, 0.4) is 0 Å². The summed E-state index contributed by atoms with van der Waals surface area (Å²) in [5, 5.41) is 0. The van der Waals surface area contributed by atoms with Gasteiger partial charge in [0.05, 0.1) is 0 Å². The molecular formula is C10H14O2. The van der Waals surface area contributed by atoms with Crippen molar-refractivity contribution in [3.8, 4) is 0 Å². The van der Waals surface area contributed by atoms with Crippen molar-refractivity contribution in [2.24, 2.45) is 11.8 Å². The zero-order chi connectivity index (χ0) is 8.18. The fourth-order valence-corrected chi connectivity index (χ4v) is 2.96. The smallest absolute Gasteiger partial charge is 0.189 e. The molecule has 12 heavy (non-hydrogen) atoms. The Bertz CT molecular complexity index is 230. The van der Waals surface area contributed by atoms with Crippen LogP contribution < -0.4 is 0 Å². The molecule has 0 radical (unpaired) electrons. The Balaban J connectivity index is 1.91. The van der Waals surface area contributed by atoms with Crippen molar-refractivity contribution in [2.75, 3.05) is 0 Å². The molecule has 0 aromatic rings. The Hall–Kier alpha value is -0.340. The Morgan fingerprint density at radius 3 is 2.75 bits per heavy atom. The van der Waals surface area contributed by atoms with E-state index in [9.17, 15) is 0 Å². The highest BCUT2D eigenvalue weighted by atomic mass is 17.4. The van der Waals surface area contributed by atoms with Crippen molar-refractivity contribution in [3.05, 3.63) is 12.2 Å². The van der Waals surface area contributed by atoms with Crippen LogP contribution in [-0.4, -0.2) is 5.79 Å². The summed E-state index contributed by atoms with van der Waals surface area (Å²) in [5.74, 6) is 1.12. The first-order valence-electron chi connectivity index (χ1n) is 4.88. The molecule has 2 aliphatic carbocycles. The molecule has 2 heteroatoms. The highest BCUT2D eigenvalue weighted by Gasteiger charge is 2.64. The molecule has 3 rings (SSSR count). The molecule has 2 unspecified atom stereocenters. The summed E-state index contributed by atoms with van der Waals surface area (Å²) in [6.07, 6.45) is 6.46. The van der Waals surface area contributed by atoms with Crippen LogP contribution >= 0.6 is 0 Å². The maximum atomic E-state index is 5.14. The quantitative estimate of drug-likeness (QED) is 0.313. The molecule has 0 amide bonds. The van der Waals surface area contributed by atoms with Crippen LogP contribution in [0.15, 0.2) is 12.2 Å². The van der Waals surface area contributed by atoms with Gasteiger partial charge in [-0.05, 0) is 30.8 Å². The van der Waals surface area contributed by atoms with Crippen LogP contribution in [0, 0.1) is 11.8 Å². The van der Waals surface area contributed by atoms with Gasteiger partial charge in [0.25, 0.3) is 5.79 Å². The molecule has 0 bridgehead atoms. The van der Waals surface area contributed by atoms with E-state index < -0.39 is 0 Å². The summed E-state index contributed by atoms with van der Waals surface area (Å²) in [4.78, 5) is 10.3. The summed E-state index contributed by atoms with van der Waals surface area (Å²) >= 11 is 0. The van der Waals surface area contributed by atoms with Crippen LogP contribution in [0.2, 0.25) is 0 Å². The number of hydrogen-bond acceptors (Lipinski definition) is 2. The van der Waals surface area contributed by atoms with E-state index in [1.54, 1.807) is 0 Å². The van der Waals surface area contributed by atoms with E-state index in [4.69, 9.17) is 9.78 Å². The van der Waals surface area contributed by atoms with Gasteiger partial charge >= 0.3 is 0 Å². The molecule has 3 aliphatic rings. The lowest BCUT2D eigenvalue weighted by atomic mass is 9.80. The highest BCUT2D eigenvalue weighted by molar-refractivity contribution is 5.22. The third-order valence-corrected chi connectivity index (χ3v) is 3.66. The topological polar surface area (TPSA) is 25.1 Å². The van der Waals surface area contributed by atoms with Gasteiger partial charge in [-0.2, -0.15) is 9.78 Å². The predicted molar refractivity (Wildman–Crippen MR) is 44.1 cm³/mol. The number of fused-ring (bicyclic) bond motifs is 2. The summed E-state index contributed by atoms with van der Waals surface area (Å²) in [6, 6.07) is 0. The zero-order valence-electron chi connectivity index (χ0n) is 7.21. The molecule has 2 nitrogen and oxygen atoms in total. The first-order valence-corrected chi connectivity index (χ1v) is 4.88. The predicted octanol–water partition coefficient (Wildman–Crippen LogP) is 2.41. The van der Waals surface area contributed by atoms with E-state index in [0.29, 0.717) is 5.92 Å². The Morgan fingerprint density at radius 2 is 2.00 bits per heavy atom. The molecule has 3 fully saturated rings. The van der Waals surface area contributed by atoms with Gasteiger partial charge in [-0.15, -0.1) is 0 Å². The number of rotatable bonds is 0. The second-order valence-electron chi connectivity index (χ2n) is 4.29. The minimum atomic E-state index is -0.301. The monoisotopic (exact) mass is 166 g/mol. The van der Waals surface area contributed by atoms with E-state index in [1.807, 2.05) is 0 Å². The van der Waals surface area contributed by atoms with Crippen LogP contribution in [0.4, 0.5) is 0 Å². The van der Waals surface area contributed by atoms with Crippen LogP contribution in [0.5, 0.6) is 0 Å². The van der Waals surface area contributed by atoms with E-state index in [2.05, 4.69) is 6.58 Å². The Morgan fingerprint density at radius 1 is 1.25 bits per heavy atom. The van der Waals surface area contributed by atoms with Gasteiger partial charge in [-0.25, -0.2) is 0 Å². The average Bonchev–Trinajstić information content (AvgIpc) is 2.80. The fraction of sp³-hybridized carbons (Fsp3) is 0.800. The Kier molecular flexibility index (Phi) is 1.25. The SMILES string of the molecule is C=C1CC2CCCCC2C12OO2. The van der Waals surface area contributed by atoms with Gasteiger partial charge < -0.3 is 0 Å². The lowest BCUT2D eigenvalue weighted by Crippen LogP contribution is -2.25. The lowest BCUT2D eigenvalue weighted by molar-refractivity contribution is 0.0850. The minimum Gasteiger partial charge on any atom is -0.189 e. The van der Waals surface area contributed by atoms with Crippen LogP contribution in [0.1, 0.15) is 32.1 Å². The average molecular weight is 166 g/mol. The van der Waals surface area contributed by atoms with E-state index in [1.165, 1.54) is 31.3 Å². The number of hydrogen-bond donors (Lipinski definition) is 0. The van der Waals surface area contributed by atoms with E-state index in [-0.39, 0.29) is 5.79 Å². The van der Waals surface area contributed by atoms with E-state index >= 15 is 0 Å². The first-order chi connectivity index (χ1) is 5.83. The van der Waals surface area contributed by atoms with Crippen LogP contribution in [0.25, 0.3) is 0 Å². The molecule has 1 saturated heterocycles. The zero-order valence-corrected chi connectivity index (χ0v) is 7.21. The summed E-state index contributed by atoms with van der Waals surface area (Å²) < 4.78 is 0. The molecule has 66 valence electrons. The molecule has 0 aromatic carbocycles. The van der Waals surface area contributed by atoms with Gasteiger partial charge in [0.15, 0.2) is 0 Å². The molecular weight excluding hydrogens is 152 g/mol. The summed E-state index contributed by atoms with van der Waals surface area (Å²) in [7, 11) is 0. The fourth-order valence-electron chi connectivity index (χ4n) is 2.96. The first kappa shape index (κ1) is 7.10. The van der Waals surface area contributed by atoms with Crippen molar-refractivity contribution in [3.63, 3.8) is 0 Å². The summed E-state index contributed by atoms with van der Waals surface area (Å²) in [6.45, 7) is 4.04. The van der Waals surface area contributed by atoms with Crippen LogP contribution in [-0.2, 0) is 9.78 Å². The van der Waals surface area contributed by atoms with Gasteiger partial charge in [-0.3, -0.25) is 0 Å². The third kappa shape index (κ3) is 0.723. The maximum absolute atomic E-state index is 5.14. The van der Waals surface area contributed by atoms with Gasteiger partial charge in [0.2, 0.25) is 0 Å². The maximum Gasteiger partial charge on any atom is 0.258 e. The lowest BCUT2D eigenvalue weighted by Gasteiger charge is -2.24.